The Balaban J connectivity index is 1.69. The first kappa shape index (κ1) is 24.7. The van der Waals surface area contributed by atoms with Crippen LogP contribution in [0.4, 0.5) is 0 Å². The van der Waals surface area contributed by atoms with Crippen LogP contribution < -0.4 is 9.47 Å². The molecule has 0 aliphatic heterocycles. The fourth-order valence-electron chi connectivity index (χ4n) is 9.23. The van der Waals surface area contributed by atoms with Gasteiger partial charge in [-0.15, -0.1) is 10.5 Å². The highest BCUT2D eigenvalue weighted by Crippen LogP contribution is 2.76. The van der Waals surface area contributed by atoms with E-state index in [2.05, 4.69) is 58.9 Å². The highest BCUT2D eigenvalue weighted by atomic mass is 16.5. The maximum atomic E-state index is 9.07. The number of nitrogens with zero attached hydrogens (tertiary/aromatic N) is 2. The summed E-state index contributed by atoms with van der Waals surface area (Å²) in [6.45, 7) is 11.3. The zero-order chi connectivity index (χ0) is 25.8. The molecule has 2 unspecified atom stereocenters. The van der Waals surface area contributed by atoms with E-state index in [1.54, 1.807) is 0 Å². The normalized spacial score (nSPS) is 32.2. The van der Waals surface area contributed by atoms with Crippen LogP contribution in [-0.4, -0.2) is 0 Å². The van der Waals surface area contributed by atoms with Crippen molar-refractivity contribution in [2.45, 2.75) is 96.8 Å². The van der Waals surface area contributed by atoms with Gasteiger partial charge in [0.1, 0.15) is 11.5 Å². The number of hydrogen-bond acceptors (Lipinski definition) is 4. The molecule has 4 heteroatoms. The molecule has 2 atom stereocenters. The van der Waals surface area contributed by atoms with Crippen molar-refractivity contribution in [1.29, 1.82) is 10.5 Å². The second kappa shape index (κ2) is 8.55. The van der Waals surface area contributed by atoms with Crippen molar-refractivity contribution < 1.29 is 9.47 Å². The summed E-state index contributed by atoms with van der Waals surface area (Å²) in [4.78, 5) is 0. The monoisotopic (exact) mass is 482 g/mol. The molecule has 0 radical (unpaired) electrons. The smallest absolute Gasteiger partial charge is 0.292 e. The fraction of sp³-hybridized carbons (Fsp3) is 0.562. The molecule has 0 saturated heterocycles. The molecule has 4 nitrogen and oxygen atoms in total. The summed E-state index contributed by atoms with van der Waals surface area (Å²) in [5.74, 6) is 1.93. The van der Waals surface area contributed by atoms with Gasteiger partial charge in [-0.05, 0) is 121 Å². The maximum absolute atomic E-state index is 9.07. The van der Waals surface area contributed by atoms with Gasteiger partial charge in [0.15, 0.2) is 0 Å². The summed E-state index contributed by atoms with van der Waals surface area (Å²) < 4.78 is 10.5. The molecule has 0 spiro atoms. The summed E-state index contributed by atoms with van der Waals surface area (Å²) in [5.41, 5.74) is 5.77. The summed E-state index contributed by atoms with van der Waals surface area (Å²) >= 11 is 0. The van der Waals surface area contributed by atoms with Crippen LogP contribution in [0.1, 0.15) is 94.4 Å². The van der Waals surface area contributed by atoms with Gasteiger partial charge in [-0.2, -0.15) is 0 Å². The van der Waals surface area contributed by atoms with Crippen LogP contribution in [0.25, 0.3) is 0 Å². The van der Waals surface area contributed by atoms with E-state index in [-0.39, 0.29) is 10.8 Å². The van der Waals surface area contributed by atoms with Crippen molar-refractivity contribution in [2.75, 3.05) is 0 Å². The van der Waals surface area contributed by atoms with Gasteiger partial charge in [-0.25, -0.2) is 0 Å². The number of rotatable bonds is 7. The lowest BCUT2D eigenvalue weighted by atomic mass is 9.32. The van der Waals surface area contributed by atoms with Crippen molar-refractivity contribution in [3.05, 3.63) is 58.7 Å². The summed E-state index contributed by atoms with van der Waals surface area (Å²) in [7, 11) is 0. The van der Waals surface area contributed by atoms with Crippen molar-refractivity contribution in [3.8, 4) is 24.0 Å². The molecule has 0 aromatic heterocycles. The van der Waals surface area contributed by atoms with Gasteiger partial charge in [0.05, 0.1) is 0 Å². The van der Waals surface area contributed by atoms with Crippen LogP contribution in [0.2, 0.25) is 0 Å². The quantitative estimate of drug-likeness (QED) is 0.375. The van der Waals surface area contributed by atoms with Crippen molar-refractivity contribution in [2.24, 2.45) is 16.7 Å². The van der Waals surface area contributed by atoms with E-state index in [0.29, 0.717) is 28.2 Å². The number of nitriles is 2. The van der Waals surface area contributed by atoms with E-state index < -0.39 is 0 Å². The lowest BCUT2D eigenvalue weighted by molar-refractivity contribution is -0.162. The van der Waals surface area contributed by atoms with Crippen molar-refractivity contribution in [1.82, 2.24) is 0 Å². The van der Waals surface area contributed by atoms with Crippen molar-refractivity contribution >= 4 is 0 Å². The van der Waals surface area contributed by atoms with Gasteiger partial charge in [-0.3, -0.25) is 0 Å². The fourth-order valence-corrected chi connectivity index (χ4v) is 9.23. The number of benzene rings is 2. The van der Waals surface area contributed by atoms with E-state index in [1.807, 2.05) is 24.6 Å². The zero-order valence-electron chi connectivity index (χ0n) is 22.4. The second-order valence-corrected chi connectivity index (χ2v) is 12.7. The van der Waals surface area contributed by atoms with E-state index >= 15 is 0 Å². The first-order valence-electron chi connectivity index (χ1n) is 13.5. The van der Waals surface area contributed by atoms with Gasteiger partial charge in [0.2, 0.25) is 0 Å². The van der Waals surface area contributed by atoms with Gasteiger partial charge in [0.25, 0.3) is 12.5 Å². The van der Waals surface area contributed by atoms with E-state index in [4.69, 9.17) is 20.0 Å². The SMILES string of the molecule is CCCC12CC3(c4ccc(OC#N)c(C)c4)CC(c4ccc(OC#N)c(C)c4)(C1)CC(C(C)C)(C2)C3. The predicted octanol–water partition coefficient (Wildman–Crippen LogP) is 8.01. The molecule has 6 rings (SSSR count). The first-order chi connectivity index (χ1) is 17.1. The molecule has 4 saturated carbocycles. The molecule has 0 N–H and O–H groups in total. The van der Waals surface area contributed by atoms with Gasteiger partial charge in [0, 0.05) is 0 Å². The van der Waals surface area contributed by atoms with Crippen LogP contribution >= 0.6 is 0 Å². The average Bonchev–Trinajstić information content (AvgIpc) is 2.81. The molecule has 0 amide bonds. The standard InChI is InChI=1S/C32H38N2O2/c1-6-11-29-14-30(22(2)3)17-31(15-29,25-7-9-27(35-20-33)23(4)12-25)19-32(16-29,18-30)26-8-10-28(36-21-34)24(5)13-26/h7-10,12-13,22H,6,11,14-19H2,1-5H3. The van der Waals surface area contributed by atoms with E-state index in [0.717, 1.165) is 17.5 Å². The highest BCUT2D eigenvalue weighted by molar-refractivity contribution is 5.47. The minimum atomic E-state index is 0.111. The number of hydrogen-bond donors (Lipinski definition) is 0. The Morgan fingerprint density at radius 2 is 1.28 bits per heavy atom. The van der Waals surface area contributed by atoms with Gasteiger partial charge in [-0.1, -0.05) is 51.5 Å². The van der Waals surface area contributed by atoms with Crippen LogP contribution in [0, 0.1) is 53.6 Å². The Morgan fingerprint density at radius 1 is 0.778 bits per heavy atom. The maximum Gasteiger partial charge on any atom is 0.292 e. The van der Waals surface area contributed by atoms with E-state index in [9.17, 15) is 0 Å². The Bertz CT molecular complexity index is 1180. The second-order valence-electron chi connectivity index (χ2n) is 12.7. The Morgan fingerprint density at radius 3 is 1.67 bits per heavy atom. The lowest BCUT2D eigenvalue weighted by Gasteiger charge is -2.72. The van der Waals surface area contributed by atoms with Crippen molar-refractivity contribution in [3.63, 3.8) is 0 Å². The molecular formula is C32H38N2O2. The molecule has 4 aliphatic carbocycles. The molecule has 188 valence electrons. The average molecular weight is 483 g/mol. The minimum Gasteiger partial charge on any atom is -0.388 e. The Labute approximate surface area is 216 Å². The molecule has 2 aromatic carbocycles. The summed E-state index contributed by atoms with van der Waals surface area (Å²) in [5, 5.41) is 18.1. The zero-order valence-corrected chi connectivity index (χ0v) is 22.4. The first-order valence-corrected chi connectivity index (χ1v) is 13.5. The van der Waals surface area contributed by atoms with Crippen LogP contribution in [0.5, 0.6) is 11.5 Å². The van der Waals surface area contributed by atoms with E-state index in [1.165, 1.54) is 56.1 Å². The Kier molecular flexibility index (Phi) is 5.87. The summed E-state index contributed by atoms with van der Waals surface area (Å²) in [6.07, 6.45) is 13.6. The molecule has 4 aliphatic rings. The largest absolute Gasteiger partial charge is 0.388 e. The third kappa shape index (κ3) is 3.69. The number of ether oxygens (including phenoxy) is 2. The summed E-state index contributed by atoms with van der Waals surface area (Å²) in [6, 6.07) is 13.1. The lowest BCUT2D eigenvalue weighted by Crippen LogP contribution is -2.65. The molecule has 36 heavy (non-hydrogen) atoms. The molecule has 2 aromatic rings. The van der Waals surface area contributed by atoms with Crippen LogP contribution in [0.15, 0.2) is 36.4 Å². The third-order valence-electron chi connectivity index (χ3n) is 10.1. The van der Waals surface area contributed by atoms with Gasteiger partial charge >= 0.3 is 0 Å². The van der Waals surface area contributed by atoms with Crippen LogP contribution in [0.3, 0.4) is 0 Å². The van der Waals surface area contributed by atoms with Gasteiger partial charge < -0.3 is 9.47 Å². The molecule has 4 bridgehead atoms. The minimum absolute atomic E-state index is 0.111. The Hall–Kier alpha value is -2.98. The third-order valence-corrected chi connectivity index (χ3v) is 10.1. The molecule has 4 fully saturated rings. The molecule has 0 heterocycles. The molecular weight excluding hydrogens is 444 g/mol. The van der Waals surface area contributed by atoms with Crippen LogP contribution in [-0.2, 0) is 10.8 Å². The predicted molar refractivity (Wildman–Crippen MR) is 141 cm³/mol. The highest BCUT2D eigenvalue weighted by Gasteiger charge is 2.68. The topological polar surface area (TPSA) is 66.0 Å². The number of aryl methyl sites for hydroxylation is 2.